The van der Waals surface area contributed by atoms with E-state index in [4.69, 9.17) is 0 Å². The SMILES string of the molecule is O=[N+]([O-])c1ccnc2c1ncn2Cc1ccccc1. The van der Waals surface area contributed by atoms with E-state index < -0.39 is 4.92 Å². The number of benzene rings is 1. The van der Waals surface area contributed by atoms with Gasteiger partial charge in [0.15, 0.2) is 11.2 Å². The van der Waals surface area contributed by atoms with Crippen LogP contribution in [0.15, 0.2) is 48.9 Å². The first kappa shape index (κ1) is 11.3. The summed E-state index contributed by atoms with van der Waals surface area (Å²) in [4.78, 5) is 18.7. The van der Waals surface area contributed by atoms with E-state index in [1.807, 2.05) is 30.3 Å². The van der Waals surface area contributed by atoms with E-state index in [1.54, 1.807) is 10.9 Å². The van der Waals surface area contributed by atoms with E-state index in [1.165, 1.54) is 12.3 Å². The fourth-order valence-corrected chi connectivity index (χ4v) is 1.99. The number of nitro groups is 1. The number of imidazole rings is 1. The van der Waals surface area contributed by atoms with E-state index >= 15 is 0 Å². The molecule has 0 fully saturated rings. The van der Waals surface area contributed by atoms with Crippen molar-refractivity contribution in [1.82, 2.24) is 14.5 Å². The van der Waals surface area contributed by atoms with E-state index in [2.05, 4.69) is 9.97 Å². The zero-order chi connectivity index (χ0) is 13.2. The largest absolute Gasteiger partial charge is 0.311 e. The van der Waals surface area contributed by atoms with Gasteiger partial charge in [-0.25, -0.2) is 9.97 Å². The van der Waals surface area contributed by atoms with Gasteiger partial charge in [-0.15, -0.1) is 0 Å². The smallest absolute Gasteiger partial charge is 0.300 e. The van der Waals surface area contributed by atoms with Crippen LogP contribution in [0.2, 0.25) is 0 Å². The lowest BCUT2D eigenvalue weighted by atomic mass is 10.2. The summed E-state index contributed by atoms with van der Waals surface area (Å²) in [5.74, 6) is 0. The lowest BCUT2D eigenvalue weighted by molar-refractivity contribution is -0.383. The molecule has 19 heavy (non-hydrogen) atoms. The van der Waals surface area contributed by atoms with Gasteiger partial charge in [-0.2, -0.15) is 0 Å². The molecule has 0 aliphatic heterocycles. The maximum atomic E-state index is 10.9. The highest BCUT2D eigenvalue weighted by Crippen LogP contribution is 2.22. The number of fused-ring (bicyclic) bond motifs is 1. The minimum atomic E-state index is -0.441. The first-order valence-corrected chi connectivity index (χ1v) is 5.74. The Balaban J connectivity index is 2.07. The zero-order valence-corrected chi connectivity index (χ0v) is 9.93. The summed E-state index contributed by atoms with van der Waals surface area (Å²) in [6.07, 6.45) is 3.02. The number of nitrogens with zero attached hydrogens (tertiary/aromatic N) is 4. The van der Waals surface area contributed by atoms with Crippen molar-refractivity contribution in [2.45, 2.75) is 6.54 Å². The van der Waals surface area contributed by atoms with Gasteiger partial charge >= 0.3 is 0 Å². The molecule has 6 heteroatoms. The van der Waals surface area contributed by atoms with Crippen LogP contribution in [0.4, 0.5) is 5.69 Å². The quantitative estimate of drug-likeness (QED) is 0.531. The Morgan fingerprint density at radius 2 is 1.95 bits per heavy atom. The van der Waals surface area contributed by atoms with Crippen LogP contribution >= 0.6 is 0 Å². The van der Waals surface area contributed by atoms with Gasteiger partial charge < -0.3 is 4.57 Å². The fraction of sp³-hybridized carbons (Fsp3) is 0.0769. The second-order valence-electron chi connectivity index (χ2n) is 4.12. The maximum absolute atomic E-state index is 10.9. The third-order valence-electron chi connectivity index (χ3n) is 2.87. The summed E-state index contributed by atoms with van der Waals surface area (Å²) in [7, 11) is 0. The van der Waals surface area contributed by atoms with Crippen molar-refractivity contribution in [3.63, 3.8) is 0 Å². The van der Waals surface area contributed by atoms with Gasteiger partial charge in [0.05, 0.1) is 17.8 Å². The Bertz CT molecular complexity index is 737. The molecule has 0 aliphatic rings. The molecule has 6 nitrogen and oxygen atoms in total. The summed E-state index contributed by atoms with van der Waals surface area (Å²) >= 11 is 0. The molecule has 0 unspecified atom stereocenters. The molecule has 0 saturated carbocycles. The highest BCUT2D eigenvalue weighted by molar-refractivity contribution is 5.81. The topological polar surface area (TPSA) is 73.8 Å². The van der Waals surface area contributed by atoms with Gasteiger partial charge in [0, 0.05) is 12.3 Å². The molecule has 0 amide bonds. The van der Waals surface area contributed by atoms with Crippen molar-refractivity contribution in [2.24, 2.45) is 0 Å². The third-order valence-corrected chi connectivity index (χ3v) is 2.87. The predicted molar refractivity (Wildman–Crippen MR) is 69.7 cm³/mol. The molecule has 0 radical (unpaired) electrons. The molecule has 0 spiro atoms. The molecule has 0 atom stereocenters. The van der Waals surface area contributed by atoms with E-state index in [0.29, 0.717) is 17.7 Å². The van der Waals surface area contributed by atoms with E-state index in [-0.39, 0.29) is 5.69 Å². The number of aromatic nitrogens is 3. The molecular weight excluding hydrogens is 244 g/mol. The molecule has 2 aromatic heterocycles. The van der Waals surface area contributed by atoms with Crippen molar-refractivity contribution >= 4 is 16.9 Å². The Kier molecular flexibility index (Phi) is 2.68. The molecule has 3 aromatic rings. The molecule has 94 valence electrons. The van der Waals surface area contributed by atoms with Gasteiger partial charge in [-0.3, -0.25) is 10.1 Å². The summed E-state index contributed by atoms with van der Waals surface area (Å²) in [5.41, 5.74) is 1.92. The van der Waals surface area contributed by atoms with Crippen LogP contribution in [-0.2, 0) is 6.54 Å². The molecule has 0 saturated heterocycles. The maximum Gasteiger partial charge on any atom is 0.300 e. The predicted octanol–water partition coefficient (Wildman–Crippen LogP) is 2.39. The van der Waals surface area contributed by atoms with Crippen LogP contribution in [0.1, 0.15) is 5.56 Å². The molecular formula is C13H10N4O2. The zero-order valence-electron chi connectivity index (χ0n) is 9.93. The normalized spacial score (nSPS) is 10.7. The first-order valence-electron chi connectivity index (χ1n) is 5.74. The molecule has 0 N–H and O–H groups in total. The second-order valence-corrected chi connectivity index (χ2v) is 4.12. The van der Waals surface area contributed by atoms with Crippen molar-refractivity contribution in [2.75, 3.05) is 0 Å². The van der Waals surface area contributed by atoms with Crippen LogP contribution in [-0.4, -0.2) is 19.5 Å². The Hall–Kier alpha value is -2.76. The van der Waals surface area contributed by atoms with Gasteiger partial charge in [-0.05, 0) is 5.56 Å². The molecule has 1 aromatic carbocycles. The second kappa shape index (κ2) is 4.49. The fourth-order valence-electron chi connectivity index (χ4n) is 1.99. The average Bonchev–Trinajstić information content (AvgIpc) is 2.83. The van der Waals surface area contributed by atoms with Gasteiger partial charge in [-0.1, -0.05) is 30.3 Å². The highest BCUT2D eigenvalue weighted by Gasteiger charge is 2.16. The van der Waals surface area contributed by atoms with Crippen LogP contribution in [0.5, 0.6) is 0 Å². The van der Waals surface area contributed by atoms with E-state index in [9.17, 15) is 10.1 Å². The van der Waals surface area contributed by atoms with Crippen LogP contribution in [0.3, 0.4) is 0 Å². The standard InChI is InChI=1S/C13H10N4O2/c18-17(19)11-6-7-14-13-12(11)15-9-16(13)8-10-4-2-1-3-5-10/h1-7,9H,8H2. The van der Waals surface area contributed by atoms with Gasteiger partial charge in [0.25, 0.3) is 5.69 Å². The third kappa shape index (κ3) is 2.03. The summed E-state index contributed by atoms with van der Waals surface area (Å²) in [6, 6.07) is 11.2. The van der Waals surface area contributed by atoms with Gasteiger partial charge in [0.1, 0.15) is 0 Å². The minimum Gasteiger partial charge on any atom is -0.311 e. The highest BCUT2D eigenvalue weighted by atomic mass is 16.6. The summed E-state index contributed by atoms with van der Waals surface area (Å²) in [6.45, 7) is 0.589. The number of hydrogen-bond donors (Lipinski definition) is 0. The van der Waals surface area contributed by atoms with Crippen molar-refractivity contribution in [3.8, 4) is 0 Å². The van der Waals surface area contributed by atoms with Crippen LogP contribution < -0.4 is 0 Å². The average molecular weight is 254 g/mol. The lowest BCUT2D eigenvalue weighted by Gasteiger charge is -2.03. The molecule has 2 heterocycles. The minimum absolute atomic E-state index is 0.0168. The Morgan fingerprint density at radius 3 is 2.68 bits per heavy atom. The monoisotopic (exact) mass is 254 g/mol. The Labute approximate surface area is 108 Å². The van der Waals surface area contributed by atoms with Crippen molar-refractivity contribution < 1.29 is 4.92 Å². The van der Waals surface area contributed by atoms with Crippen molar-refractivity contribution in [3.05, 3.63) is 64.6 Å². The number of pyridine rings is 1. The van der Waals surface area contributed by atoms with Crippen molar-refractivity contribution in [1.29, 1.82) is 0 Å². The summed E-state index contributed by atoms with van der Waals surface area (Å²) in [5, 5.41) is 10.9. The van der Waals surface area contributed by atoms with Gasteiger partial charge in [0.2, 0.25) is 0 Å². The number of hydrogen-bond acceptors (Lipinski definition) is 4. The number of rotatable bonds is 3. The lowest BCUT2D eigenvalue weighted by Crippen LogP contribution is -1.99. The molecule has 0 aliphatic carbocycles. The first-order chi connectivity index (χ1) is 9.25. The Morgan fingerprint density at radius 1 is 1.16 bits per heavy atom. The van der Waals surface area contributed by atoms with E-state index in [0.717, 1.165) is 5.56 Å². The molecule has 3 rings (SSSR count). The van der Waals surface area contributed by atoms with Crippen LogP contribution in [0, 0.1) is 10.1 Å². The van der Waals surface area contributed by atoms with Crippen LogP contribution in [0.25, 0.3) is 11.2 Å². The molecule has 0 bridgehead atoms. The summed E-state index contributed by atoms with van der Waals surface area (Å²) < 4.78 is 1.80.